The van der Waals surface area contributed by atoms with Crippen molar-refractivity contribution < 1.29 is 28.9 Å². The van der Waals surface area contributed by atoms with Crippen LogP contribution < -0.4 is 10.1 Å². The van der Waals surface area contributed by atoms with Crippen LogP contribution in [0.3, 0.4) is 0 Å². The third kappa shape index (κ3) is 9.79. The summed E-state index contributed by atoms with van der Waals surface area (Å²) in [6.07, 6.45) is 1.37. The summed E-state index contributed by atoms with van der Waals surface area (Å²) < 4.78 is 16.9. The molecule has 2 aliphatic rings. The Balaban J connectivity index is 1.68. The zero-order valence-electron chi connectivity index (χ0n) is 23.7. The number of guanidine groups is 1. The molecule has 2 N–H and O–H groups in total. The van der Waals surface area contributed by atoms with Gasteiger partial charge >= 0.3 is 12.2 Å². The van der Waals surface area contributed by atoms with Gasteiger partial charge in [-0.15, -0.1) is 4.99 Å². The molecule has 0 unspecified atom stereocenters. The van der Waals surface area contributed by atoms with Gasteiger partial charge in [-0.05, 0) is 103 Å². The summed E-state index contributed by atoms with van der Waals surface area (Å²) in [5.41, 5.74) is 0.833. The smallest absolute Gasteiger partial charge is 0.437 e. The number of aliphatic hydroxyl groups is 1. The molecule has 212 valence electrons. The molecule has 10 nitrogen and oxygen atoms in total. The maximum atomic E-state index is 12.5. The van der Waals surface area contributed by atoms with Gasteiger partial charge in [-0.2, -0.15) is 0 Å². The van der Waals surface area contributed by atoms with Crippen molar-refractivity contribution in [3.63, 3.8) is 0 Å². The quantitative estimate of drug-likeness (QED) is 0.433. The molecule has 0 atom stereocenters. The molecule has 1 aromatic rings. The van der Waals surface area contributed by atoms with Crippen molar-refractivity contribution in [3.8, 4) is 5.75 Å². The zero-order chi connectivity index (χ0) is 27.9. The Hall–Kier alpha value is -2.85. The Morgan fingerprint density at radius 2 is 1.71 bits per heavy atom. The number of β-amino-alcohol motifs (C(OH)–C–C–N with tert-alkyl or cyclic N) is 1. The molecule has 2 amide bonds. The second-order valence-electron chi connectivity index (χ2n) is 12.0. The lowest BCUT2D eigenvalue weighted by molar-refractivity contribution is 0.0553. The number of fused-ring (bicyclic) bond motifs is 1. The van der Waals surface area contributed by atoms with Crippen LogP contribution in [0.4, 0.5) is 9.59 Å². The first-order valence-electron chi connectivity index (χ1n) is 13.5. The van der Waals surface area contributed by atoms with E-state index in [0.717, 1.165) is 50.2 Å². The molecule has 0 bridgehead atoms. The van der Waals surface area contributed by atoms with Crippen LogP contribution in [0.25, 0.3) is 0 Å². The Labute approximate surface area is 226 Å². The summed E-state index contributed by atoms with van der Waals surface area (Å²) in [6.45, 7) is 15.2. The minimum Gasteiger partial charge on any atom is -0.493 e. The highest BCUT2D eigenvalue weighted by molar-refractivity contribution is 5.99. The maximum Gasteiger partial charge on any atom is 0.437 e. The molecule has 10 heteroatoms. The summed E-state index contributed by atoms with van der Waals surface area (Å²) in [4.78, 5) is 33.3. The van der Waals surface area contributed by atoms with Crippen molar-refractivity contribution in [2.24, 2.45) is 10.9 Å². The van der Waals surface area contributed by atoms with Crippen LogP contribution >= 0.6 is 0 Å². The van der Waals surface area contributed by atoms with Crippen molar-refractivity contribution in [1.29, 1.82) is 0 Å². The summed E-state index contributed by atoms with van der Waals surface area (Å²) in [7, 11) is 0. The third-order valence-corrected chi connectivity index (χ3v) is 6.30. The van der Waals surface area contributed by atoms with Crippen molar-refractivity contribution in [1.82, 2.24) is 15.1 Å². The summed E-state index contributed by atoms with van der Waals surface area (Å²) in [5, 5.41) is 11.8. The van der Waals surface area contributed by atoms with E-state index in [4.69, 9.17) is 19.3 Å². The molecule has 2 aliphatic heterocycles. The number of benzene rings is 1. The molecule has 0 radical (unpaired) electrons. The van der Waals surface area contributed by atoms with Gasteiger partial charge in [0.25, 0.3) is 0 Å². The second-order valence-corrected chi connectivity index (χ2v) is 12.0. The number of piperidine rings is 1. The molecule has 1 aromatic carbocycles. The van der Waals surface area contributed by atoms with Crippen LogP contribution in [0.2, 0.25) is 0 Å². The molecule has 3 rings (SSSR count). The third-order valence-electron chi connectivity index (χ3n) is 6.30. The largest absolute Gasteiger partial charge is 0.493 e. The number of ether oxygens (including phenoxy) is 3. The number of nitrogens with one attached hydrogen (secondary N) is 1. The number of aliphatic hydroxyl groups excluding tert-OH is 1. The fourth-order valence-electron chi connectivity index (χ4n) is 4.48. The predicted octanol–water partition coefficient (Wildman–Crippen LogP) is 3.94. The molecule has 0 aliphatic carbocycles. The van der Waals surface area contributed by atoms with Crippen LogP contribution in [0.5, 0.6) is 5.75 Å². The van der Waals surface area contributed by atoms with E-state index in [1.807, 2.05) is 17.0 Å². The summed E-state index contributed by atoms with van der Waals surface area (Å²) in [6, 6.07) is 6.11. The van der Waals surface area contributed by atoms with E-state index < -0.39 is 23.4 Å². The van der Waals surface area contributed by atoms with E-state index in [-0.39, 0.29) is 12.6 Å². The van der Waals surface area contributed by atoms with Gasteiger partial charge in [0.1, 0.15) is 17.0 Å². The summed E-state index contributed by atoms with van der Waals surface area (Å²) >= 11 is 0. The highest BCUT2D eigenvalue weighted by Crippen LogP contribution is 2.26. The van der Waals surface area contributed by atoms with Gasteiger partial charge in [0.15, 0.2) is 0 Å². The molecule has 0 aromatic heterocycles. The lowest BCUT2D eigenvalue weighted by Crippen LogP contribution is -2.48. The molecular weight excluding hydrogens is 488 g/mol. The lowest BCUT2D eigenvalue weighted by atomic mass is 9.97. The molecular formula is C28H44N4O6. The van der Waals surface area contributed by atoms with Gasteiger partial charge in [0.05, 0.1) is 13.2 Å². The second kappa shape index (κ2) is 12.8. The average Bonchev–Trinajstić information content (AvgIpc) is 2.80. The SMILES string of the molecule is CC(C)(C)OC(=O)/N=C(\NC(=O)OC(C)(C)C)N1CCc2ccc(OCC3CCN(CCO)CC3)cc2C1. The highest BCUT2D eigenvalue weighted by Gasteiger charge is 2.26. The first-order chi connectivity index (χ1) is 17.8. The minimum absolute atomic E-state index is 0.0973. The summed E-state index contributed by atoms with van der Waals surface area (Å²) in [5.74, 6) is 1.39. The molecule has 2 heterocycles. The van der Waals surface area contributed by atoms with Crippen LogP contribution in [-0.4, -0.2) is 83.6 Å². The number of alkyl carbamates (subject to hydrolysis) is 1. The number of rotatable bonds is 5. The monoisotopic (exact) mass is 532 g/mol. The maximum absolute atomic E-state index is 12.5. The number of carbonyl (C=O) groups excluding carboxylic acids is 2. The van der Waals surface area contributed by atoms with Gasteiger partial charge in [-0.3, -0.25) is 5.32 Å². The number of aliphatic imine (C=N–C) groups is 1. The fraction of sp³-hybridized carbons (Fsp3) is 0.679. The average molecular weight is 533 g/mol. The molecule has 1 saturated heterocycles. The number of amides is 2. The molecule has 0 saturated carbocycles. The lowest BCUT2D eigenvalue weighted by Gasteiger charge is -2.32. The first kappa shape index (κ1) is 29.7. The van der Waals surface area contributed by atoms with Gasteiger partial charge < -0.3 is 29.1 Å². The number of nitrogens with zero attached hydrogens (tertiary/aromatic N) is 3. The van der Waals surface area contributed by atoms with Crippen LogP contribution in [-0.2, 0) is 22.4 Å². The standard InChI is InChI=1S/C28H44N4O6/c1-27(2,3)37-25(34)29-24(30-26(35)38-28(4,5)6)32-14-11-21-7-8-23(17-22(21)18-32)36-19-20-9-12-31(13-10-20)15-16-33/h7-8,17,20,33H,9-16,18-19H2,1-6H3,(H,29,30,34,35). The van der Waals surface area contributed by atoms with Crippen LogP contribution in [0.15, 0.2) is 23.2 Å². The van der Waals surface area contributed by atoms with Gasteiger partial charge in [0, 0.05) is 19.6 Å². The van der Waals surface area contributed by atoms with Crippen molar-refractivity contribution >= 4 is 18.1 Å². The van der Waals surface area contributed by atoms with E-state index in [1.54, 1.807) is 41.5 Å². The van der Waals surface area contributed by atoms with Crippen LogP contribution in [0, 0.1) is 5.92 Å². The fourth-order valence-corrected chi connectivity index (χ4v) is 4.48. The first-order valence-corrected chi connectivity index (χ1v) is 13.5. The van der Waals surface area contributed by atoms with Crippen molar-refractivity contribution in [2.45, 2.75) is 78.6 Å². The van der Waals surface area contributed by atoms with Crippen molar-refractivity contribution in [3.05, 3.63) is 29.3 Å². The number of hydrogen-bond donors (Lipinski definition) is 2. The normalized spacial score (nSPS) is 17.6. The van der Waals surface area contributed by atoms with E-state index >= 15 is 0 Å². The van der Waals surface area contributed by atoms with E-state index in [1.165, 1.54) is 5.56 Å². The van der Waals surface area contributed by atoms with E-state index in [9.17, 15) is 9.59 Å². The zero-order valence-corrected chi connectivity index (χ0v) is 23.7. The topological polar surface area (TPSA) is 113 Å². The molecule has 38 heavy (non-hydrogen) atoms. The molecule has 1 fully saturated rings. The number of hydrogen-bond acceptors (Lipinski definition) is 7. The van der Waals surface area contributed by atoms with E-state index in [0.29, 0.717) is 25.6 Å². The Bertz CT molecular complexity index is 990. The van der Waals surface area contributed by atoms with E-state index in [2.05, 4.69) is 21.3 Å². The van der Waals surface area contributed by atoms with Crippen LogP contribution in [0.1, 0.15) is 65.5 Å². The Morgan fingerprint density at radius 1 is 1.03 bits per heavy atom. The minimum atomic E-state index is -0.781. The van der Waals surface area contributed by atoms with Gasteiger partial charge in [0.2, 0.25) is 5.96 Å². The highest BCUT2D eigenvalue weighted by atomic mass is 16.6. The Morgan fingerprint density at radius 3 is 2.34 bits per heavy atom. The Kier molecular flexibility index (Phi) is 10.0. The van der Waals surface area contributed by atoms with Gasteiger partial charge in [-0.25, -0.2) is 9.59 Å². The number of carbonyl (C=O) groups is 2. The number of likely N-dealkylation sites (tertiary alicyclic amines) is 1. The van der Waals surface area contributed by atoms with Crippen molar-refractivity contribution in [2.75, 3.05) is 39.4 Å². The van der Waals surface area contributed by atoms with Gasteiger partial charge in [-0.1, -0.05) is 6.07 Å². The molecule has 0 spiro atoms. The predicted molar refractivity (Wildman–Crippen MR) is 145 cm³/mol.